The highest BCUT2D eigenvalue weighted by Gasteiger charge is 2.14. The highest BCUT2D eigenvalue weighted by molar-refractivity contribution is 6.04. The number of benzene rings is 2. The van der Waals surface area contributed by atoms with Crippen LogP contribution in [0.4, 0.5) is 11.4 Å². The van der Waals surface area contributed by atoms with E-state index in [1.807, 2.05) is 18.2 Å². The van der Waals surface area contributed by atoms with Gasteiger partial charge in [0, 0.05) is 36.1 Å². The van der Waals surface area contributed by atoms with E-state index in [1.165, 1.54) is 12.8 Å². The highest BCUT2D eigenvalue weighted by Crippen LogP contribution is 2.22. The quantitative estimate of drug-likeness (QED) is 0.845. The number of ether oxygens (including phenoxy) is 1. The number of hydrogen-bond donors (Lipinski definition) is 2. The van der Waals surface area contributed by atoms with Crippen LogP contribution in [0, 0.1) is 0 Å². The summed E-state index contributed by atoms with van der Waals surface area (Å²) in [6.07, 6.45) is 2.36. The number of hydrogen-bond acceptors (Lipinski definition) is 4. The molecule has 3 rings (SSSR count). The van der Waals surface area contributed by atoms with E-state index in [4.69, 9.17) is 9.84 Å². The van der Waals surface area contributed by atoms with Crippen molar-refractivity contribution in [3.05, 3.63) is 54.1 Å². The van der Waals surface area contributed by atoms with Crippen LogP contribution in [-0.2, 0) is 4.79 Å². The summed E-state index contributed by atoms with van der Waals surface area (Å²) in [7, 11) is 0. The van der Waals surface area contributed by atoms with E-state index in [0.29, 0.717) is 17.0 Å². The van der Waals surface area contributed by atoms with Crippen LogP contribution >= 0.6 is 0 Å². The number of aliphatic carboxylic acids is 1. The average Bonchev–Trinajstić information content (AvgIpc) is 3.15. The Morgan fingerprint density at radius 2 is 1.84 bits per heavy atom. The number of carboxylic acid groups (broad SMARTS) is 1. The molecule has 1 heterocycles. The van der Waals surface area contributed by atoms with Crippen LogP contribution in [0.3, 0.4) is 0 Å². The maximum Gasteiger partial charge on any atom is 0.341 e. The van der Waals surface area contributed by atoms with Crippen LogP contribution in [0.1, 0.15) is 23.2 Å². The molecule has 6 nitrogen and oxygen atoms in total. The first kappa shape index (κ1) is 16.8. The number of amides is 1. The molecular formula is C19H20N2O4. The minimum absolute atomic E-state index is 0.212. The van der Waals surface area contributed by atoms with E-state index in [1.54, 1.807) is 30.3 Å². The van der Waals surface area contributed by atoms with Gasteiger partial charge in [-0.2, -0.15) is 0 Å². The third-order valence-corrected chi connectivity index (χ3v) is 4.03. The number of nitrogens with one attached hydrogen (secondary N) is 1. The van der Waals surface area contributed by atoms with Gasteiger partial charge < -0.3 is 20.1 Å². The van der Waals surface area contributed by atoms with Crippen molar-refractivity contribution >= 4 is 23.3 Å². The molecule has 130 valence electrons. The van der Waals surface area contributed by atoms with Gasteiger partial charge in [-0.3, -0.25) is 4.79 Å². The molecule has 0 unspecified atom stereocenters. The fraction of sp³-hybridized carbons (Fsp3) is 0.263. The largest absolute Gasteiger partial charge is 0.482 e. The monoisotopic (exact) mass is 340 g/mol. The maximum absolute atomic E-state index is 12.5. The molecule has 0 radical (unpaired) electrons. The lowest BCUT2D eigenvalue weighted by atomic mass is 10.1. The predicted molar refractivity (Wildman–Crippen MR) is 95.4 cm³/mol. The van der Waals surface area contributed by atoms with Crippen molar-refractivity contribution < 1.29 is 19.4 Å². The second-order valence-electron chi connectivity index (χ2n) is 5.91. The minimum atomic E-state index is -1.05. The lowest BCUT2D eigenvalue weighted by molar-refractivity contribution is -0.139. The first-order valence-electron chi connectivity index (χ1n) is 8.23. The Morgan fingerprint density at radius 3 is 2.60 bits per heavy atom. The van der Waals surface area contributed by atoms with Crippen molar-refractivity contribution in [2.75, 3.05) is 29.9 Å². The standard InChI is InChI=1S/C19H20N2O4/c22-18(23)13-25-17-8-4-6-15(12-17)20-19(24)14-5-3-7-16(11-14)21-9-1-2-10-21/h3-8,11-12H,1-2,9-10,13H2,(H,20,24)(H,22,23). The number of carbonyl (C=O) groups excluding carboxylic acids is 1. The van der Waals surface area contributed by atoms with Crippen LogP contribution < -0.4 is 15.0 Å². The van der Waals surface area contributed by atoms with E-state index in [-0.39, 0.29) is 5.91 Å². The third-order valence-electron chi connectivity index (χ3n) is 4.03. The molecule has 0 saturated carbocycles. The zero-order chi connectivity index (χ0) is 17.6. The van der Waals surface area contributed by atoms with Crippen molar-refractivity contribution in [3.8, 4) is 5.75 Å². The van der Waals surface area contributed by atoms with Gasteiger partial charge in [-0.25, -0.2) is 4.79 Å². The fourth-order valence-electron chi connectivity index (χ4n) is 2.83. The Morgan fingerprint density at radius 1 is 1.08 bits per heavy atom. The summed E-state index contributed by atoms with van der Waals surface area (Å²) in [6, 6.07) is 14.3. The number of rotatable bonds is 6. The molecule has 1 saturated heterocycles. The molecule has 2 aromatic carbocycles. The van der Waals surface area contributed by atoms with Crippen LogP contribution in [0.25, 0.3) is 0 Å². The van der Waals surface area contributed by atoms with Gasteiger partial charge in [0.25, 0.3) is 5.91 Å². The van der Waals surface area contributed by atoms with Crippen LogP contribution in [-0.4, -0.2) is 36.7 Å². The molecular weight excluding hydrogens is 320 g/mol. The molecule has 2 N–H and O–H groups in total. The maximum atomic E-state index is 12.5. The molecule has 2 aromatic rings. The van der Waals surface area contributed by atoms with Crippen molar-refractivity contribution in [3.63, 3.8) is 0 Å². The van der Waals surface area contributed by atoms with Crippen molar-refractivity contribution in [1.82, 2.24) is 0 Å². The van der Waals surface area contributed by atoms with Crippen molar-refractivity contribution in [2.45, 2.75) is 12.8 Å². The Kier molecular flexibility index (Phi) is 5.18. The van der Waals surface area contributed by atoms with Gasteiger partial charge >= 0.3 is 5.97 Å². The molecule has 0 atom stereocenters. The van der Waals surface area contributed by atoms with E-state index >= 15 is 0 Å². The van der Waals surface area contributed by atoms with Gasteiger partial charge in [0.15, 0.2) is 6.61 Å². The molecule has 0 spiro atoms. The highest BCUT2D eigenvalue weighted by atomic mass is 16.5. The normalized spacial score (nSPS) is 13.5. The van der Waals surface area contributed by atoms with Crippen LogP contribution in [0.5, 0.6) is 5.75 Å². The molecule has 6 heteroatoms. The Labute approximate surface area is 146 Å². The summed E-state index contributed by atoms with van der Waals surface area (Å²) in [5.41, 5.74) is 2.20. The number of nitrogens with zero attached hydrogens (tertiary/aromatic N) is 1. The lowest BCUT2D eigenvalue weighted by Gasteiger charge is -2.18. The second-order valence-corrected chi connectivity index (χ2v) is 5.91. The molecule has 1 aliphatic rings. The van der Waals surface area contributed by atoms with Gasteiger partial charge in [0.1, 0.15) is 5.75 Å². The SMILES string of the molecule is O=C(O)COc1cccc(NC(=O)c2cccc(N3CCCC3)c2)c1. The van der Waals surface area contributed by atoms with Crippen molar-refractivity contribution in [2.24, 2.45) is 0 Å². The van der Waals surface area contributed by atoms with E-state index in [0.717, 1.165) is 18.8 Å². The molecule has 0 aromatic heterocycles. The van der Waals surface area contributed by atoms with Crippen LogP contribution in [0.15, 0.2) is 48.5 Å². The third kappa shape index (κ3) is 4.50. The van der Waals surface area contributed by atoms with E-state index in [9.17, 15) is 9.59 Å². The molecule has 25 heavy (non-hydrogen) atoms. The summed E-state index contributed by atoms with van der Waals surface area (Å²) in [5.74, 6) is -0.865. The Bertz CT molecular complexity index is 770. The summed E-state index contributed by atoms with van der Waals surface area (Å²) in [5, 5.41) is 11.5. The van der Waals surface area contributed by atoms with E-state index in [2.05, 4.69) is 10.2 Å². The molecule has 0 bridgehead atoms. The van der Waals surface area contributed by atoms with E-state index < -0.39 is 12.6 Å². The molecule has 1 aliphatic heterocycles. The first-order chi connectivity index (χ1) is 12.1. The van der Waals surface area contributed by atoms with Crippen molar-refractivity contribution in [1.29, 1.82) is 0 Å². The smallest absolute Gasteiger partial charge is 0.341 e. The first-order valence-corrected chi connectivity index (χ1v) is 8.23. The van der Waals surface area contributed by atoms with Gasteiger partial charge in [0.05, 0.1) is 0 Å². The number of carboxylic acids is 1. The predicted octanol–water partition coefficient (Wildman–Crippen LogP) is 3.00. The molecule has 0 aliphatic carbocycles. The fourth-order valence-corrected chi connectivity index (χ4v) is 2.83. The second kappa shape index (κ2) is 7.70. The summed E-state index contributed by atoms with van der Waals surface area (Å²) >= 11 is 0. The summed E-state index contributed by atoms with van der Waals surface area (Å²) in [4.78, 5) is 25.3. The van der Waals surface area contributed by atoms with Gasteiger partial charge in [-0.15, -0.1) is 0 Å². The molecule has 1 fully saturated rings. The van der Waals surface area contributed by atoms with Crippen LogP contribution in [0.2, 0.25) is 0 Å². The minimum Gasteiger partial charge on any atom is -0.482 e. The Balaban J connectivity index is 1.68. The van der Waals surface area contributed by atoms with Gasteiger partial charge in [-0.1, -0.05) is 12.1 Å². The topological polar surface area (TPSA) is 78.9 Å². The zero-order valence-electron chi connectivity index (χ0n) is 13.8. The van der Waals surface area contributed by atoms with Gasteiger partial charge in [-0.05, 0) is 43.2 Å². The average molecular weight is 340 g/mol. The van der Waals surface area contributed by atoms with Gasteiger partial charge in [0.2, 0.25) is 0 Å². The number of anilines is 2. The Hall–Kier alpha value is -3.02. The summed E-state index contributed by atoms with van der Waals surface area (Å²) in [6.45, 7) is 1.62. The summed E-state index contributed by atoms with van der Waals surface area (Å²) < 4.78 is 5.12. The zero-order valence-corrected chi connectivity index (χ0v) is 13.8. The molecule has 1 amide bonds. The number of carbonyl (C=O) groups is 2. The lowest BCUT2D eigenvalue weighted by Crippen LogP contribution is -2.19.